The molecule has 2 N–H and O–H groups in total. The van der Waals surface area contributed by atoms with Crippen molar-refractivity contribution in [1.29, 1.82) is 0 Å². The SMILES string of the molecule is CN=C(NCCNC(=O)c1cccc(OC)c1)N1CCC(c2cnn(C)c2)C1.I. The summed E-state index contributed by atoms with van der Waals surface area (Å²) in [4.78, 5) is 18.9. The molecule has 1 aromatic carbocycles. The lowest BCUT2D eigenvalue weighted by atomic mass is 10.0. The fourth-order valence-electron chi connectivity index (χ4n) is 3.42. The van der Waals surface area contributed by atoms with E-state index in [1.807, 2.05) is 24.0 Å². The number of hydrogen-bond donors (Lipinski definition) is 2. The second-order valence-corrected chi connectivity index (χ2v) is 6.84. The van der Waals surface area contributed by atoms with Crippen molar-refractivity contribution in [3.8, 4) is 5.75 Å². The molecular weight excluding hydrogens is 483 g/mol. The molecule has 0 bridgehead atoms. The van der Waals surface area contributed by atoms with Crippen LogP contribution in [0.4, 0.5) is 0 Å². The number of nitrogens with zero attached hydrogens (tertiary/aromatic N) is 4. The van der Waals surface area contributed by atoms with E-state index >= 15 is 0 Å². The second kappa shape index (κ2) is 11.0. The molecule has 8 nitrogen and oxygen atoms in total. The first-order chi connectivity index (χ1) is 13.6. The highest BCUT2D eigenvalue weighted by atomic mass is 127. The summed E-state index contributed by atoms with van der Waals surface area (Å²) in [5.74, 6) is 1.89. The van der Waals surface area contributed by atoms with Gasteiger partial charge in [-0.05, 0) is 30.2 Å². The molecule has 2 heterocycles. The molecule has 1 atom stereocenters. The number of aryl methyl sites for hydroxylation is 1. The van der Waals surface area contributed by atoms with Crippen molar-refractivity contribution in [1.82, 2.24) is 25.3 Å². The van der Waals surface area contributed by atoms with Gasteiger partial charge in [0.25, 0.3) is 5.91 Å². The molecule has 1 aliphatic rings. The fourth-order valence-corrected chi connectivity index (χ4v) is 3.42. The number of aromatic nitrogens is 2. The number of amides is 1. The van der Waals surface area contributed by atoms with Gasteiger partial charge in [0.05, 0.1) is 13.3 Å². The molecule has 0 saturated carbocycles. The Balaban J connectivity index is 0.00000300. The van der Waals surface area contributed by atoms with Crippen LogP contribution in [-0.2, 0) is 7.05 Å². The van der Waals surface area contributed by atoms with Crippen LogP contribution in [0.5, 0.6) is 5.75 Å². The Bertz CT molecular complexity index is 838. The smallest absolute Gasteiger partial charge is 0.251 e. The molecule has 158 valence electrons. The number of benzene rings is 1. The van der Waals surface area contributed by atoms with Crippen molar-refractivity contribution in [3.05, 3.63) is 47.8 Å². The van der Waals surface area contributed by atoms with Gasteiger partial charge in [0.15, 0.2) is 5.96 Å². The van der Waals surface area contributed by atoms with Crippen molar-refractivity contribution in [2.75, 3.05) is 40.3 Å². The van der Waals surface area contributed by atoms with Crippen LogP contribution in [0.2, 0.25) is 0 Å². The highest BCUT2D eigenvalue weighted by Crippen LogP contribution is 2.26. The first-order valence-electron chi connectivity index (χ1n) is 9.47. The van der Waals surface area contributed by atoms with Crippen molar-refractivity contribution < 1.29 is 9.53 Å². The molecule has 1 fully saturated rings. The predicted molar refractivity (Wildman–Crippen MR) is 124 cm³/mol. The van der Waals surface area contributed by atoms with E-state index in [2.05, 4.69) is 31.8 Å². The van der Waals surface area contributed by atoms with E-state index in [4.69, 9.17) is 4.74 Å². The van der Waals surface area contributed by atoms with Crippen molar-refractivity contribution in [2.24, 2.45) is 12.0 Å². The first-order valence-corrected chi connectivity index (χ1v) is 9.47. The van der Waals surface area contributed by atoms with Gasteiger partial charge in [0.2, 0.25) is 0 Å². The minimum atomic E-state index is -0.117. The van der Waals surface area contributed by atoms with E-state index in [0.29, 0.717) is 30.3 Å². The van der Waals surface area contributed by atoms with Gasteiger partial charge in [-0.2, -0.15) is 5.10 Å². The number of carbonyl (C=O) groups excluding carboxylic acids is 1. The van der Waals surface area contributed by atoms with Gasteiger partial charge in [-0.25, -0.2) is 0 Å². The third-order valence-electron chi connectivity index (χ3n) is 4.92. The van der Waals surface area contributed by atoms with E-state index < -0.39 is 0 Å². The van der Waals surface area contributed by atoms with Gasteiger partial charge in [-0.15, -0.1) is 24.0 Å². The quantitative estimate of drug-likeness (QED) is 0.267. The molecular formula is C20H29IN6O2. The number of likely N-dealkylation sites (tertiary alicyclic amines) is 1. The van der Waals surface area contributed by atoms with Crippen LogP contribution in [0.25, 0.3) is 0 Å². The largest absolute Gasteiger partial charge is 0.497 e. The van der Waals surface area contributed by atoms with E-state index in [9.17, 15) is 4.79 Å². The van der Waals surface area contributed by atoms with E-state index in [1.54, 1.807) is 32.4 Å². The van der Waals surface area contributed by atoms with Crippen LogP contribution in [0.15, 0.2) is 41.7 Å². The molecule has 1 saturated heterocycles. The van der Waals surface area contributed by atoms with Crippen LogP contribution in [0.3, 0.4) is 0 Å². The molecule has 2 aromatic rings. The number of aliphatic imine (C=N–C) groups is 1. The van der Waals surface area contributed by atoms with E-state index in [1.165, 1.54) is 5.56 Å². The summed E-state index contributed by atoms with van der Waals surface area (Å²) in [6.45, 7) is 2.99. The summed E-state index contributed by atoms with van der Waals surface area (Å²) in [5.41, 5.74) is 1.86. The Labute approximate surface area is 188 Å². The number of hydrogen-bond acceptors (Lipinski definition) is 4. The minimum Gasteiger partial charge on any atom is -0.497 e. The number of halogens is 1. The van der Waals surface area contributed by atoms with Crippen molar-refractivity contribution in [3.63, 3.8) is 0 Å². The van der Waals surface area contributed by atoms with Gasteiger partial charge in [0.1, 0.15) is 5.75 Å². The third-order valence-corrected chi connectivity index (χ3v) is 4.92. The predicted octanol–water partition coefficient (Wildman–Crippen LogP) is 1.84. The molecule has 0 radical (unpaired) electrons. The molecule has 29 heavy (non-hydrogen) atoms. The zero-order valence-corrected chi connectivity index (χ0v) is 19.4. The van der Waals surface area contributed by atoms with Crippen molar-refractivity contribution in [2.45, 2.75) is 12.3 Å². The lowest BCUT2D eigenvalue weighted by Gasteiger charge is -2.21. The highest BCUT2D eigenvalue weighted by molar-refractivity contribution is 14.0. The molecule has 0 spiro atoms. The number of carbonyl (C=O) groups is 1. The van der Waals surface area contributed by atoms with Crippen LogP contribution >= 0.6 is 24.0 Å². The van der Waals surface area contributed by atoms with Crippen LogP contribution in [0, 0.1) is 0 Å². The minimum absolute atomic E-state index is 0. The zero-order chi connectivity index (χ0) is 19.9. The van der Waals surface area contributed by atoms with Gasteiger partial charge < -0.3 is 20.3 Å². The average Bonchev–Trinajstić information content (AvgIpc) is 3.37. The molecule has 3 rings (SSSR count). The highest BCUT2D eigenvalue weighted by Gasteiger charge is 2.26. The molecule has 1 aromatic heterocycles. The standard InChI is InChI=1S/C20H28N6O2.HI/c1-21-20(26-10-7-16(14-26)17-12-24-25(2)13-17)23-9-8-22-19(27)15-5-4-6-18(11-15)28-3;/h4-6,11-13,16H,7-10,14H2,1-3H3,(H,21,23)(H,22,27);1H. The maximum Gasteiger partial charge on any atom is 0.251 e. The van der Waals surface area contributed by atoms with Crippen LogP contribution in [0.1, 0.15) is 28.3 Å². The van der Waals surface area contributed by atoms with Gasteiger partial charge >= 0.3 is 0 Å². The summed E-state index contributed by atoms with van der Waals surface area (Å²) in [5, 5.41) is 10.5. The zero-order valence-electron chi connectivity index (χ0n) is 17.1. The molecule has 0 aliphatic carbocycles. The maximum atomic E-state index is 12.2. The summed E-state index contributed by atoms with van der Waals surface area (Å²) in [7, 11) is 5.31. The molecule has 9 heteroatoms. The Morgan fingerprint density at radius 1 is 1.34 bits per heavy atom. The number of rotatable bonds is 6. The molecule has 1 unspecified atom stereocenters. The van der Waals surface area contributed by atoms with E-state index in [-0.39, 0.29) is 29.9 Å². The molecule has 1 amide bonds. The van der Waals surface area contributed by atoms with E-state index in [0.717, 1.165) is 25.5 Å². The Hall–Kier alpha value is -2.30. The summed E-state index contributed by atoms with van der Waals surface area (Å²) < 4.78 is 7.00. The van der Waals surface area contributed by atoms with Crippen molar-refractivity contribution >= 4 is 35.8 Å². The third kappa shape index (κ3) is 6.09. The topological polar surface area (TPSA) is 83.8 Å². The van der Waals surface area contributed by atoms with Gasteiger partial charge in [-0.1, -0.05) is 6.07 Å². The number of guanidine groups is 1. The molecule has 1 aliphatic heterocycles. The maximum absolute atomic E-state index is 12.2. The number of nitrogens with one attached hydrogen (secondary N) is 2. The first kappa shape index (κ1) is 23.0. The fraction of sp³-hybridized carbons (Fsp3) is 0.450. The second-order valence-electron chi connectivity index (χ2n) is 6.84. The van der Waals surface area contributed by atoms with Gasteiger partial charge in [-0.3, -0.25) is 14.5 Å². The Morgan fingerprint density at radius 3 is 2.83 bits per heavy atom. The normalized spacial score (nSPS) is 16.3. The summed E-state index contributed by atoms with van der Waals surface area (Å²) >= 11 is 0. The number of methoxy groups -OCH3 is 1. The average molecular weight is 512 g/mol. The monoisotopic (exact) mass is 512 g/mol. The summed E-state index contributed by atoms with van der Waals surface area (Å²) in [6, 6.07) is 7.12. The lowest BCUT2D eigenvalue weighted by Crippen LogP contribution is -2.43. The lowest BCUT2D eigenvalue weighted by molar-refractivity contribution is 0.0954. The van der Waals surface area contributed by atoms with Gasteiger partial charge in [0, 0.05) is 58.0 Å². The van der Waals surface area contributed by atoms with Crippen LogP contribution in [-0.4, -0.2) is 66.9 Å². The summed E-state index contributed by atoms with van der Waals surface area (Å²) in [6.07, 6.45) is 5.11. The Morgan fingerprint density at radius 2 is 2.14 bits per heavy atom. The van der Waals surface area contributed by atoms with Crippen LogP contribution < -0.4 is 15.4 Å². The number of ether oxygens (including phenoxy) is 1. The Kier molecular flexibility index (Phi) is 8.74.